The van der Waals surface area contributed by atoms with E-state index >= 15 is 0 Å². The predicted molar refractivity (Wildman–Crippen MR) is 112 cm³/mol. The fraction of sp³-hybridized carbons (Fsp3) is 0.273. The van der Waals surface area contributed by atoms with Crippen LogP contribution in [0.3, 0.4) is 0 Å². The molecule has 2 atom stereocenters. The van der Waals surface area contributed by atoms with Crippen LogP contribution in [0.25, 0.3) is 0 Å². The van der Waals surface area contributed by atoms with Gasteiger partial charge >= 0.3 is 0 Å². The molecule has 3 heterocycles. The third-order valence-electron chi connectivity index (χ3n) is 5.36. The van der Waals surface area contributed by atoms with Crippen molar-refractivity contribution >= 4 is 17.6 Å². The van der Waals surface area contributed by atoms with Gasteiger partial charge in [-0.2, -0.15) is 5.26 Å². The van der Waals surface area contributed by atoms with Gasteiger partial charge in [0.25, 0.3) is 5.91 Å². The molecule has 0 saturated heterocycles. The highest BCUT2D eigenvalue weighted by atomic mass is 16.2. The Kier molecular flexibility index (Phi) is 5.45. The molecule has 0 bridgehead atoms. The molecular weight excluding hydrogens is 394 g/mol. The molecule has 2 N–H and O–H groups in total. The van der Waals surface area contributed by atoms with Gasteiger partial charge < -0.3 is 10.3 Å². The van der Waals surface area contributed by atoms with E-state index in [0.717, 1.165) is 11.1 Å². The van der Waals surface area contributed by atoms with E-state index in [4.69, 9.17) is 5.26 Å². The fourth-order valence-corrected chi connectivity index (χ4v) is 3.71. The van der Waals surface area contributed by atoms with E-state index in [1.807, 2.05) is 37.3 Å². The normalized spacial score (nSPS) is 18.1. The zero-order valence-electron chi connectivity index (χ0n) is 17.2. The van der Waals surface area contributed by atoms with Gasteiger partial charge in [0.1, 0.15) is 23.8 Å². The molecular formula is C22H21N7O2. The summed E-state index contributed by atoms with van der Waals surface area (Å²) in [7, 11) is 1.61. The van der Waals surface area contributed by atoms with E-state index in [1.54, 1.807) is 13.1 Å². The molecule has 1 aliphatic heterocycles. The molecule has 0 fully saturated rings. The van der Waals surface area contributed by atoms with Crippen molar-refractivity contribution in [1.82, 2.24) is 25.5 Å². The molecule has 3 aromatic rings. The highest BCUT2D eigenvalue weighted by Crippen LogP contribution is 2.33. The Morgan fingerprint density at radius 1 is 1.32 bits per heavy atom. The van der Waals surface area contributed by atoms with E-state index in [1.165, 1.54) is 11.1 Å². The molecule has 9 nitrogen and oxygen atoms in total. The van der Waals surface area contributed by atoms with Crippen LogP contribution >= 0.6 is 0 Å². The van der Waals surface area contributed by atoms with Crippen molar-refractivity contribution in [2.75, 3.05) is 11.9 Å². The smallest absolute Gasteiger partial charge is 0.289 e. The lowest BCUT2D eigenvalue weighted by atomic mass is 9.95. The van der Waals surface area contributed by atoms with Gasteiger partial charge in [0.15, 0.2) is 0 Å². The van der Waals surface area contributed by atoms with Crippen LogP contribution in [0.5, 0.6) is 0 Å². The summed E-state index contributed by atoms with van der Waals surface area (Å²) in [5.74, 6) is 0.259. The second-order valence-electron chi connectivity index (χ2n) is 7.59. The number of nitrogens with one attached hydrogen (secondary N) is 2. The maximum absolute atomic E-state index is 13.0. The van der Waals surface area contributed by atoms with Crippen molar-refractivity contribution in [3.8, 4) is 6.07 Å². The summed E-state index contributed by atoms with van der Waals surface area (Å²) >= 11 is 0. The molecule has 31 heavy (non-hydrogen) atoms. The first kappa shape index (κ1) is 20.2. The van der Waals surface area contributed by atoms with Crippen LogP contribution in [-0.4, -0.2) is 45.1 Å². The third kappa shape index (κ3) is 4.14. The van der Waals surface area contributed by atoms with E-state index in [9.17, 15) is 9.59 Å². The minimum absolute atomic E-state index is 0.0562. The second kappa shape index (κ2) is 8.36. The van der Waals surface area contributed by atoms with Gasteiger partial charge in [-0.3, -0.25) is 14.5 Å². The van der Waals surface area contributed by atoms with Crippen molar-refractivity contribution in [3.63, 3.8) is 0 Å². The number of amides is 2. The van der Waals surface area contributed by atoms with Crippen LogP contribution in [-0.2, 0) is 11.2 Å². The summed E-state index contributed by atoms with van der Waals surface area (Å²) in [6.07, 6.45) is 2.34. The summed E-state index contributed by atoms with van der Waals surface area (Å²) in [5.41, 5.74) is 2.28. The summed E-state index contributed by atoms with van der Waals surface area (Å²) in [6.45, 7) is 1.94. The molecule has 9 heteroatoms. The van der Waals surface area contributed by atoms with Crippen molar-refractivity contribution in [3.05, 3.63) is 70.9 Å². The molecule has 1 aliphatic rings. The minimum Gasteiger partial charge on any atom is -0.337 e. The van der Waals surface area contributed by atoms with Crippen LogP contribution in [0.1, 0.15) is 52.4 Å². The molecule has 2 aromatic heterocycles. The number of aromatic nitrogens is 4. The highest BCUT2D eigenvalue weighted by molar-refractivity contribution is 6.01. The van der Waals surface area contributed by atoms with Gasteiger partial charge in [0.05, 0.1) is 5.56 Å². The van der Waals surface area contributed by atoms with Gasteiger partial charge in [-0.25, -0.2) is 4.98 Å². The van der Waals surface area contributed by atoms with E-state index in [-0.39, 0.29) is 17.6 Å². The van der Waals surface area contributed by atoms with Crippen LogP contribution < -0.4 is 10.2 Å². The van der Waals surface area contributed by atoms with E-state index in [0.29, 0.717) is 30.0 Å². The minimum atomic E-state index is -0.755. The first-order valence-electron chi connectivity index (χ1n) is 9.90. The summed E-state index contributed by atoms with van der Waals surface area (Å²) in [5, 5.41) is 19.9. The number of likely N-dealkylation sites (N-methyl/N-ethyl adjacent to an activating group) is 1. The number of hydrogen-bond donors (Lipinski definition) is 2. The lowest BCUT2D eigenvalue weighted by Gasteiger charge is -2.20. The van der Waals surface area contributed by atoms with Gasteiger partial charge in [-0.15, -0.1) is 10.2 Å². The van der Waals surface area contributed by atoms with Crippen molar-refractivity contribution < 1.29 is 9.59 Å². The number of carbonyl (C=O) groups is 2. The molecule has 4 rings (SSSR count). The molecule has 1 aromatic carbocycles. The topological polar surface area (TPSA) is 128 Å². The fourth-order valence-electron chi connectivity index (χ4n) is 3.71. The standard InChI is InChI=1S/C22H21N7O2/c1-13-8-17(22(31)29(2)20-16(13)9-15(11-23)12-24-20)25-21(30)19-26-18(27-28-19)10-14-6-4-3-5-7-14/h3-7,9,12-13,17H,8,10H2,1-2H3,(H,25,30)(H,26,27,28)/t13-,17-/m0/s1. The van der Waals surface area contributed by atoms with Crippen LogP contribution in [0, 0.1) is 11.3 Å². The number of nitriles is 1. The average molecular weight is 415 g/mol. The number of anilines is 1. The summed E-state index contributed by atoms with van der Waals surface area (Å²) in [6, 6.07) is 12.8. The number of nitrogens with zero attached hydrogens (tertiary/aromatic N) is 5. The second-order valence-corrected chi connectivity index (χ2v) is 7.59. The monoisotopic (exact) mass is 415 g/mol. The SMILES string of the molecule is C[C@H]1C[C@H](NC(=O)c2nnc(Cc3ccccc3)[nH]2)C(=O)N(C)c2ncc(C#N)cc21. The molecule has 0 unspecified atom stereocenters. The largest absolute Gasteiger partial charge is 0.337 e. The van der Waals surface area contributed by atoms with Gasteiger partial charge in [0, 0.05) is 19.7 Å². The molecule has 0 saturated carbocycles. The van der Waals surface area contributed by atoms with Crippen molar-refractivity contribution in [2.45, 2.75) is 31.7 Å². The first-order valence-corrected chi connectivity index (χ1v) is 9.90. The Balaban J connectivity index is 1.50. The zero-order valence-corrected chi connectivity index (χ0v) is 17.2. The highest BCUT2D eigenvalue weighted by Gasteiger charge is 2.34. The average Bonchev–Trinajstić information content (AvgIpc) is 3.23. The molecule has 2 amide bonds. The van der Waals surface area contributed by atoms with Crippen molar-refractivity contribution in [1.29, 1.82) is 5.26 Å². The molecule has 0 spiro atoms. The van der Waals surface area contributed by atoms with Crippen LogP contribution in [0.15, 0.2) is 42.6 Å². The quantitative estimate of drug-likeness (QED) is 0.670. The number of rotatable bonds is 4. The predicted octanol–water partition coefficient (Wildman–Crippen LogP) is 1.93. The van der Waals surface area contributed by atoms with Gasteiger partial charge in [-0.1, -0.05) is 37.3 Å². The maximum Gasteiger partial charge on any atom is 0.289 e. The van der Waals surface area contributed by atoms with Crippen molar-refractivity contribution in [2.24, 2.45) is 0 Å². The number of hydrogen-bond acceptors (Lipinski definition) is 6. The maximum atomic E-state index is 13.0. The zero-order chi connectivity index (χ0) is 22.0. The molecule has 0 radical (unpaired) electrons. The Morgan fingerprint density at radius 2 is 2.10 bits per heavy atom. The number of aromatic amines is 1. The number of fused-ring (bicyclic) bond motifs is 1. The Morgan fingerprint density at radius 3 is 2.84 bits per heavy atom. The number of pyridine rings is 1. The Hall–Kier alpha value is -4.06. The summed E-state index contributed by atoms with van der Waals surface area (Å²) < 4.78 is 0. The van der Waals surface area contributed by atoms with Crippen LogP contribution in [0.4, 0.5) is 5.82 Å². The third-order valence-corrected chi connectivity index (χ3v) is 5.36. The van der Waals surface area contributed by atoms with E-state index < -0.39 is 11.9 Å². The summed E-state index contributed by atoms with van der Waals surface area (Å²) in [4.78, 5) is 34.4. The number of H-pyrrole nitrogens is 1. The Labute approximate surface area is 179 Å². The Bertz CT molecular complexity index is 1170. The van der Waals surface area contributed by atoms with Gasteiger partial charge in [-0.05, 0) is 29.5 Å². The number of carbonyl (C=O) groups excluding carboxylic acids is 2. The van der Waals surface area contributed by atoms with E-state index in [2.05, 4.69) is 31.6 Å². The lowest BCUT2D eigenvalue weighted by molar-refractivity contribution is -0.120. The lowest BCUT2D eigenvalue weighted by Crippen LogP contribution is -2.47. The van der Waals surface area contributed by atoms with Crippen LogP contribution in [0.2, 0.25) is 0 Å². The molecule has 0 aliphatic carbocycles. The first-order chi connectivity index (χ1) is 15.0. The van der Waals surface area contributed by atoms with Gasteiger partial charge in [0.2, 0.25) is 11.7 Å². The number of benzene rings is 1. The molecule has 156 valence electrons.